The summed E-state index contributed by atoms with van der Waals surface area (Å²) in [7, 11) is 0. The Hall–Kier alpha value is -3.54. The van der Waals surface area contributed by atoms with Gasteiger partial charge in [0.25, 0.3) is 0 Å². The van der Waals surface area contributed by atoms with Gasteiger partial charge in [0, 0.05) is 46.2 Å². The van der Waals surface area contributed by atoms with Crippen molar-refractivity contribution in [2.75, 3.05) is 5.32 Å². The zero-order valence-corrected chi connectivity index (χ0v) is 14.7. The van der Waals surface area contributed by atoms with Gasteiger partial charge in [-0.2, -0.15) is 0 Å². The third-order valence-electron chi connectivity index (χ3n) is 4.71. The zero-order valence-electron chi connectivity index (χ0n) is 14.7. The van der Waals surface area contributed by atoms with Crippen LogP contribution in [-0.2, 0) is 11.2 Å². The van der Waals surface area contributed by atoms with E-state index in [1.165, 1.54) is 6.07 Å². The summed E-state index contributed by atoms with van der Waals surface area (Å²) in [6.07, 6.45) is 2.29. The molecular weight excluding hydrogens is 344 g/mol. The van der Waals surface area contributed by atoms with Crippen molar-refractivity contribution >= 4 is 33.5 Å². The minimum atomic E-state index is -0.479. The average Bonchev–Trinajstić information content (AvgIpc) is 3.09. The highest BCUT2D eigenvalue weighted by Gasteiger charge is 2.13. The van der Waals surface area contributed by atoms with Crippen molar-refractivity contribution in [1.29, 1.82) is 0 Å². The number of hydrogen-bond donors (Lipinski definition) is 3. The van der Waals surface area contributed by atoms with Gasteiger partial charge in [-0.05, 0) is 55.3 Å². The largest absolute Gasteiger partial charge is 0.508 e. The van der Waals surface area contributed by atoms with Crippen molar-refractivity contribution < 1.29 is 14.3 Å². The van der Waals surface area contributed by atoms with E-state index in [1.807, 2.05) is 37.4 Å². The summed E-state index contributed by atoms with van der Waals surface area (Å²) in [5.41, 5.74) is 2.82. The number of benzene rings is 2. The van der Waals surface area contributed by atoms with Crippen LogP contribution in [-0.4, -0.2) is 16.0 Å². The van der Waals surface area contributed by atoms with Crippen molar-refractivity contribution in [2.45, 2.75) is 19.8 Å². The van der Waals surface area contributed by atoms with Crippen LogP contribution in [0.1, 0.15) is 17.5 Å². The molecule has 0 radical (unpaired) electrons. The molecule has 0 unspecified atom stereocenters. The first-order valence-electron chi connectivity index (χ1n) is 8.63. The smallest absolute Gasteiger partial charge is 0.339 e. The maximum absolute atomic E-state index is 12.3. The first-order chi connectivity index (χ1) is 13.0. The van der Waals surface area contributed by atoms with Crippen LogP contribution in [0.4, 0.5) is 5.69 Å². The number of rotatable bonds is 4. The topological polar surface area (TPSA) is 95.3 Å². The van der Waals surface area contributed by atoms with E-state index in [-0.39, 0.29) is 24.5 Å². The number of hydrogen-bond acceptors (Lipinski definition) is 4. The lowest BCUT2D eigenvalue weighted by Gasteiger charge is -2.09. The molecule has 0 saturated carbocycles. The van der Waals surface area contributed by atoms with E-state index in [1.54, 1.807) is 12.1 Å². The second-order valence-corrected chi connectivity index (χ2v) is 6.50. The molecule has 0 fully saturated rings. The molecule has 0 bridgehead atoms. The van der Waals surface area contributed by atoms with Gasteiger partial charge in [0.15, 0.2) is 0 Å². The van der Waals surface area contributed by atoms with Gasteiger partial charge in [-0.3, -0.25) is 4.79 Å². The molecule has 6 heteroatoms. The zero-order chi connectivity index (χ0) is 19.0. The normalized spacial score (nSPS) is 11.1. The molecule has 27 heavy (non-hydrogen) atoms. The molecule has 0 aliphatic carbocycles. The Bertz CT molecular complexity index is 1220. The van der Waals surface area contributed by atoms with Gasteiger partial charge in [-0.1, -0.05) is 0 Å². The molecule has 0 aliphatic heterocycles. The predicted molar refractivity (Wildman–Crippen MR) is 104 cm³/mol. The Morgan fingerprint density at radius 3 is 2.89 bits per heavy atom. The van der Waals surface area contributed by atoms with Crippen LogP contribution in [0.15, 0.2) is 57.9 Å². The van der Waals surface area contributed by atoms with Crippen LogP contribution in [0, 0.1) is 6.92 Å². The number of phenolic OH excluding ortho intramolecular Hbond substituents is 1. The van der Waals surface area contributed by atoms with Gasteiger partial charge in [0.05, 0.1) is 0 Å². The molecule has 1 amide bonds. The van der Waals surface area contributed by atoms with Gasteiger partial charge in [-0.15, -0.1) is 0 Å². The van der Waals surface area contributed by atoms with Gasteiger partial charge >= 0.3 is 5.63 Å². The minimum absolute atomic E-state index is 0.0385. The van der Waals surface area contributed by atoms with Crippen LogP contribution in [0.3, 0.4) is 0 Å². The summed E-state index contributed by atoms with van der Waals surface area (Å²) in [6.45, 7) is 1.82. The van der Waals surface area contributed by atoms with Gasteiger partial charge in [-0.25, -0.2) is 4.79 Å². The summed E-state index contributed by atoms with van der Waals surface area (Å²) in [5, 5.41) is 14.2. The van der Waals surface area contributed by atoms with E-state index in [9.17, 15) is 14.7 Å². The minimum Gasteiger partial charge on any atom is -0.508 e. The van der Waals surface area contributed by atoms with E-state index < -0.39 is 5.63 Å². The third-order valence-corrected chi connectivity index (χ3v) is 4.71. The summed E-state index contributed by atoms with van der Waals surface area (Å²) in [5.74, 6) is -0.133. The number of aromatic nitrogens is 1. The number of aromatic hydroxyl groups is 1. The fraction of sp³-hybridized carbons (Fsp3) is 0.143. The number of carbonyl (C=O) groups is 1. The van der Waals surface area contributed by atoms with Crippen molar-refractivity contribution in [3.8, 4) is 5.75 Å². The van der Waals surface area contributed by atoms with E-state index >= 15 is 0 Å². The number of fused-ring (bicyclic) bond motifs is 2. The lowest BCUT2D eigenvalue weighted by molar-refractivity contribution is -0.116. The van der Waals surface area contributed by atoms with Gasteiger partial charge < -0.3 is 19.8 Å². The fourth-order valence-electron chi connectivity index (χ4n) is 3.27. The molecule has 3 N–H and O–H groups in total. The number of phenols is 1. The highest BCUT2D eigenvalue weighted by atomic mass is 16.4. The highest BCUT2D eigenvalue weighted by molar-refractivity contribution is 5.94. The molecule has 0 spiro atoms. The standard InChI is InChI=1S/C21H18N2O4/c1-12-16-4-3-15(24)11-19(16)27-21(26)17(12)5-7-20(25)23-14-2-6-18-13(10-14)8-9-22-18/h2-4,6,8-11,22,24H,5,7H2,1H3,(H,23,25). The Labute approximate surface area is 154 Å². The lowest BCUT2D eigenvalue weighted by Crippen LogP contribution is -2.16. The maximum Gasteiger partial charge on any atom is 0.339 e. The molecule has 2 heterocycles. The molecule has 2 aromatic heterocycles. The number of H-pyrrole nitrogens is 1. The van der Waals surface area contributed by atoms with Crippen molar-refractivity contribution in [2.24, 2.45) is 0 Å². The number of aryl methyl sites for hydroxylation is 1. The number of aromatic amines is 1. The quantitative estimate of drug-likeness (QED) is 0.480. The molecule has 4 aromatic rings. The summed E-state index contributed by atoms with van der Waals surface area (Å²) in [6, 6.07) is 12.2. The molecule has 2 aromatic carbocycles. The Kier molecular flexibility index (Phi) is 4.16. The molecule has 0 atom stereocenters. The highest BCUT2D eigenvalue weighted by Crippen LogP contribution is 2.24. The van der Waals surface area contributed by atoms with Crippen LogP contribution < -0.4 is 10.9 Å². The van der Waals surface area contributed by atoms with Crippen molar-refractivity contribution in [3.05, 3.63) is 70.2 Å². The average molecular weight is 362 g/mol. The monoisotopic (exact) mass is 362 g/mol. The van der Waals surface area contributed by atoms with Crippen LogP contribution >= 0.6 is 0 Å². The second kappa shape index (κ2) is 6.64. The second-order valence-electron chi connectivity index (χ2n) is 6.50. The lowest BCUT2D eigenvalue weighted by atomic mass is 10.0. The van der Waals surface area contributed by atoms with E-state index in [0.29, 0.717) is 16.8 Å². The van der Waals surface area contributed by atoms with Crippen molar-refractivity contribution in [1.82, 2.24) is 4.98 Å². The van der Waals surface area contributed by atoms with Crippen LogP contribution in [0.25, 0.3) is 21.9 Å². The maximum atomic E-state index is 12.3. The Morgan fingerprint density at radius 1 is 1.19 bits per heavy atom. The first-order valence-corrected chi connectivity index (χ1v) is 8.63. The molecular formula is C21H18N2O4. The Balaban J connectivity index is 1.51. The molecule has 0 aliphatic rings. The van der Waals surface area contributed by atoms with Crippen molar-refractivity contribution in [3.63, 3.8) is 0 Å². The van der Waals surface area contributed by atoms with E-state index in [0.717, 1.165) is 21.9 Å². The summed E-state index contributed by atoms with van der Waals surface area (Å²) < 4.78 is 5.29. The predicted octanol–water partition coefficient (Wildman–Crippen LogP) is 3.86. The van der Waals surface area contributed by atoms with Gasteiger partial charge in [0.2, 0.25) is 5.91 Å². The fourth-order valence-corrected chi connectivity index (χ4v) is 3.27. The SMILES string of the molecule is Cc1c(CCC(=O)Nc2ccc3[nH]ccc3c2)c(=O)oc2cc(O)ccc12. The third kappa shape index (κ3) is 3.29. The summed E-state index contributed by atoms with van der Waals surface area (Å²) >= 11 is 0. The molecule has 6 nitrogen and oxygen atoms in total. The number of amides is 1. The number of nitrogens with one attached hydrogen (secondary N) is 2. The van der Waals surface area contributed by atoms with E-state index in [4.69, 9.17) is 4.42 Å². The summed E-state index contributed by atoms with van der Waals surface area (Å²) in [4.78, 5) is 27.7. The number of anilines is 1. The van der Waals surface area contributed by atoms with Gasteiger partial charge in [0.1, 0.15) is 11.3 Å². The Morgan fingerprint density at radius 2 is 2.04 bits per heavy atom. The first kappa shape index (κ1) is 16.9. The molecule has 136 valence electrons. The van der Waals surface area contributed by atoms with E-state index in [2.05, 4.69) is 10.3 Å². The van der Waals surface area contributed by atoms with Crippen LogP contribution in [0.2, 0.25) is 0 Å². The molecule has 0 saturated heterocycles. The number of carbonyl (C=O) groups excluding carboxylic acids is 1. The van der Waals surface area contributed by atoms with Crippen LogP contribution in [0.5, 0.6) is 5.75 Å². The molecule has 4 rings (SSSR count).